The SMILES string of the molecule is CC(C)Cc1ccc2c(c1)CCc1c-2ccnc1-c1[c-]c2ccccc2c(C(C)(C)C)c1.CCC(C)(CC)C(=O)/C=C(\O)C(C)(CC)CC.[Ir]. The van der Waals surface area contributed by atoms with Crippen LogP contribution in [-0.4, -0.2) is 15.9 Å². The number of hydrogen-bond acceptors (Lipinski definition) is 3. The third-order valence-electron chi connectivity index (χ3n) is 11.2. The Balaban J connectivity index is 0.000000323. The van der Waals surface area contributed by atoms with Gasteiger partial charge in [-0.25, -0.2) is 0 Å². The number of pyridine rings is 1. The Morgan fingerprint density at radius 2 is 1.50 bits per heavy atom. The molecule has 0 aliphatic heterocycles. The number of rotatable bonds is 10. The number of carbonyl (C=O) groups excluding carboxylic acids is 1. The number of aryl methyl sites for hydroxylation is 1. The first-order chi connectivity index (χ1) is 23.1. The van der Waals surface area contributed by atoms with E-state index in [1.807, 2.05) is 47.7 Å². The monoisotopic (exact) mass is 851 g/mol. The number of nitrogens with zero attached hydrogens (tertiary/aromatic N) is 1. The molecule has 0 bridgehead atoms. The summed E-state index contributed by atoms with van der Waals surface area (Å²) in [6.07, 6.45) is 9.98. The number of ketones is 1. The summed E-state index contributed by atoms with van der Waals surface area (Å²) in [5.74, 6) is 0.967. The molecule has 3 aromatic carbocycles. The van der Waals surface area contributed by atoms with Crippen LogP contribution in [0, 0.1) is 22.8 Å². The summed E-state index contributed by atoms with van der Waals surface area (Å²) >= 11 is 0. The van der Waals surface area contributed by atoms with Gasteiger partial charge in [0, 0.05) is 48.9 Å². The average Bonchev–Trinajstić information content (AvgIpc) is 3.09. The molecule has 0 amide bonds. The molecule has 0 atom stereocenters. The second kappa shape index (κ2) is 17.0. The summed E-state index contributed by atoms with van der Waals surface area (Å²) < 4.78 is 0. The average molecular weight is 851 g/mol. The minimum atomic E-state index is -0.337. The number of carbonyl (C=O) groups is 1. The fraction of sp³-hybridized carbons (Fsp3) is 0.478. The van der Waals surface area contributed by atoms with E-state index in [9.17, 15) is 9.90 Å². The van der Waals surface area contributed by atoms with Crippen LogP contribution in [-0.2, 0) is 49.6 Å². The largest absolute Gasteiger partial charge is 0.512 e. The number of fused-ring (bicyclic) bond motifs is 4. The first kappa shape index (κ1) is 41.4. The van der Waals surface area contributed by atoms with Crippen LogP contribution in [0.5, 0.6) is 0 Å². The van der Waals surface area contributed by atoms with Crippen molar-refractivity contribution >= 4 is 16.6 Å². The van der Waals surface area contributed by atoms with E-state index < -0.39 is 0 Å². The second-order valence-electron chi connectivity index (χ2n) is 16.1. The van der Waals surface area contributed by atoms with E-state index in [1.165, 1.54) is 50.2 Å². The molecule has 0 saturated heterocycles. The minimum absolute atomic E-state index is 0. The van der Waals surface area contributed by atoms with Crippen molar-refractivity contribution in [3.8, 4) is 22.4 Å². The van der Waals surface area contributed by atoms with Gasteiger partial charge in [-0.15, -0.1) is 29.1 Å². The molecule has 271 valence electrons. The van der Waals surface area contributed by atoms with Crippen molar-refractivity contribution in [1.29, 1.82) is 0 Å². The Morgan fingerprint density at radius 1 is 0.860 bits per heavy atom. The number of aliphatic hydroxyl groups excluding tert-OH is 1. The van der Waals surface area contributed by atoms with Crippen molar-refractivity contribution in [3.05, 3.63) is 101 Å². The van der Waals surface area contributed by atoms with Crippen LogP contribution in [0.4, 0.5) is 0 Å². The van der Waals surface area contributed by atoms with Crippen molar-refractivity contribution in [1.82, 2.24) is 4.98 Å². The van der Waals surface area contributed by atoms with E-state index in [0.717, 1.165) is 56.2 Å². The minimum Gasteiger partial charge on any atom is -0.512 e. The first-order valence-corrected chi connectivity index (χ1v) is 18.6. The van der Waals surface area contributed by atoms with Gasteiger partial charge >= 0.3 is 0 Å². The number of aromatic nitrogens is 1. The zero-order valence-electron chi connectivity index (χ0n) is 32.5. The molecule has 4 aromatic rings. The van der Waals surface area contributed by atoms with Gasteiger partial charge in [0.15, 0.2) is 5.78 Å². The summed E-state index contributed by atoms with van der Waals surface area (Å²) in [7, 11) is 0. The molecule has 0 spiro atoms. The van der Waals surface area contributed by atoms with Gasteiger partial charge in [-0.1, -0.05) is 124 Å². The molecule has 1 radical (unpaired) electrons. The van der Waals surface area contributed by atoms with Crippen LogP contribution in [0.15, 0.2) is 72.6 Å². The van der Waals surface area contributed by atoms with Crippen molar-refractivity contribution in [2.24, 2.45) is 16.7 Å². The Bertz CT molecular complexity index is 1800. The molecule has 0 unspecified atom stereocenters. The molecule has 1 N–H and O–H groups in total. The van der Waals surface area contributed by atoms with Crippen molar-refractivity contribution in [3.63, 3.8) is 0 Å². The molecule has 0 fully saturated rings. The molecule has 0 saturated carbocycles. The maximum Gasteiger partial charge on any atom is 0.164 e. The van der Waals surface area contributed by atoms with Gasteiger partial charge in [0.05, 0.1) is 0 Å². The Hall–Kier alpha value is -3.07. The maximum absolute atomic E-state index is 12.2. The van der Waals surface area contributed by atoms with Crippen LogP contribution in [0.1, 0.15) is 124 Å². The zero-order chi connectivity index (χ0) is 36.1. The van der Waals surface area contributed by atoms with Crippen LogP contribution in [0.25, 0.3) is 33.2 Å². The molecule has 1 heterocycles. The fourth-order valence-electron chi connectivity index (χ4n) is 6.87. The van der Waals surface area contributed by atoms with E-state index in [-0.39, 0.29) is 47.9 Å². The summed E-state index contributed by atoms with van der Waals surface area (Å²) in [4.78, 5) is 17.1. The Morgan fingerprint density at radius 3 is 2.10 bits per heavy atom. The maximum atomic E-state index is 12.2. The van der Waals surface area contributed by atoms with E-state index in [4.69, 9.17) is 4.98 Å². The van der Waals surface area contributed by atoms with Gasteiger partial charge in [0.2, 0.25) is 0 Å². The normalized spacial score (nSPS) is 13.2. The first-order valence-electron chi connectivity index (χ1n) is 18.6. The van der Waals surface area contributed by atoms with Gasteiger partial charge in [0.1, 0.15) is 5.76 Å². The molecule has 1 aromatic heterocycles. The number of hydrogen-bond donors (Lipinski definition) is 1. The van der Waals surface area contributed by atoms with Gasteiger partial charge in [-0.3, -0.25) is 9.78 Å². The Labute approximate surface area is 316 Å². The molecule has 50 heavy (non-hydrogen) atoms. The van der Waals surface area contributed by atoms with E-state index in [0.29, 0.717) is 5.92 Å². The van der Waals surface area contributed by atoms with E-state index in [2.05, 4.69) is 95.3 Å². The van der Waals surface area contributed by atoms with Crippen LogP contribution < -0.4 is 0 Å². The van der Waals surface area contributed by atoms with Crippen LogP contribution >= 0.6 is 0 Å². The van der Waals surface area contributed by atoms with Gasteiger partial charge in [-0.05, 0) is 90.2 Å². The van der Waals surface area contributed by atoms with E-state index in [1.54, 1.807) is 0 Å². The summed E-state index contributed by atoms with van der Waals surface area (Å²) in [5, 5.41) is 12.6. The van der Waals surface area contributed by atoms with Gasteiger partial charge in [0.25, 0.3) is 0 Å². The molecule has 4 heteroatoms. The zero-order valence-corrected chi connectivity index (χ0v) is 34.9. The van der Waals surface area contributed by atoms with Gasteiger partial charge in [-0.2, -0.15) is 0 Å². The third kappa shape index (κ3) is 9.04. The van der Waals surface area contributed by atoms with Crippen LogP contribution in [0.3, 0.4) is 0 Å². The standard InChI is InChI=1S/C31H32N.C15H28O2.Ir/c1-20(2)16-21-10-12-25-23(17-21)11-13-28-27(25)14-15-32-30(28)24-18-22-8-6-7-9-26(22)29(19-24)31(3,4)5;1-7-14(5,8-2)12(16)11-13(17)15(6,9-3)10-4;/h6-10,12,14-15,17,19-20H,11,13,16H2,1-5H3;11,16H,7-10H2,1-6H3;/q-1;;/b;12-11-;. The molecule has 1 aliphatic carbocycles. The molecule has 1 aliphatic rings. The van der Waals surface area contributed by atoms with Crippen molar-refractivity contribution in [2.75, 3.05) is 0 Å². The van der Waals surface area contributed by atoms with Crippen molar-refractivity contribution in [2.45, 2.75) is 127 Å². The molecular weight excluding hydrogens is 791 g/mol. The van der Waals surface area contributed by atoms with E-state index >= 15 is 0 Å². The molecule has 5 rings (SSSR count). The summed E-state index contributed by atoms with van der Waals surface area (Å²) in [5.41, 5.74) is 10.0. The number of benzene rings is 3. The number of allylic oxidation sites excluding steroid dienone is 2. The van der Waals surface area contributed by atoms with Gasteiger partial charge < -0.3 is 5.11 Å². The predicted octanol–water partition coefficient (Wildman–Crippen LogP) is 12.6. The second-order valence-corrected chi connectivity index (χ2v) is 16.1. The summed E-state index contributed by atoms with van der Waals surface area (Å²) in [6, 6.07) is 23.9. The topological polar surface area (TPSA) is 50.2 Å². The fourth-order valence-corrected chi connectivity index (χ4v) is 6.87. The smallest absolute Gasteiger partial charge is 0.164 e. The summed E-state index contributed by atoms with van der Waals surface area (Å²) in [6.45, 7) is 23.5. The van der Waals surface area contributed by atoms with Crippen molar-refractivity contribution < 1.29 is 30.0 Å². The molecule has 3 nitrogen and oxygen atoms in total. The molecular formula is C46H60IrNO2-. The predicted molar refractivity (Wildman–Crippen MR) is 209 cm³/mol. The third-order valence-corrected chi connectivity index (χ3v) is 11.2. The number of aliphatic hydroxyl groups is 1. The van der Waals surface area contributed by atoms with Crippen LogP contribution in [0.2, 0.25) is 0 Å². The Kier molecular flexibility index (Phi) is 14.0. The quantitative estimate of drug-likeness (QED) is 0.0982.